The molecule has 0 amide bonds. The quantitative estimate of drug-likeness (QED) is 0.318. The fourth-order valence-electron chi connectivity index (χ4n) is 2.11. The van der Waals surface area contributed by atoms with Gasteiger partial charge in [0.05, 0.1) is 0 Å². The molecule has 2 heteroatoms. The van der Waals surface area contributed by atoms with Crippen molar-refractivity contribution in [3.05, 3.63) is 24.3 Å². The summed E-state index contributed by atoms with van der Waals surface area (Å²) in [4.78, 5) is 10.3. The first kappa shape index (κ1) is 18.9. The molecule has 0 atom stereocenters. The van der Waals surface area contributed by atoms with Crippen LogP contribution in [0.25, 0.3) is 0 Å². The van der Waals surface area contributed by atoms with E-state index in [9.17, 15) is 4.79 Å². The van der Waals surface area contributed by atoms with Gasteiger partial charge in [0.2, 0.25) is 0 Å². The Hall–Kier alpha value is -1.05. The number of hydrogen-bond donors (Lipinski definition) is 1. The zero-order valence-corrected chi connectivity index (χ0v) is 13.2. The minimum atomic E-state index is -0.668. The smallest absolute Gasteiger partial charge is 0.303 e. The van der Waals surface area contributed by atoms with Crippen molar-refractivity contribution in [2.45, 2.75) is 84.0 Å². The Morgan fingerprint density at radius 2 is 1.20 bits per heavy atom. The van der Waals surface area contributed by atoms with Crippen molar-refractivity contribution in [1.82, 2.24) is 0 Å². The molecule has 0 spiro atoms. The Morgan fingerprint density at radius 3 is 1.75 bits per heavy atom. The summed E-state index contributed by atoms with van der Waals surface area (Å²) in [6, 6.07) is 0. The van der Waals surface area contributed by atoms with Gasteiger partial charge in [0.25, 0.3) is 0 Å². The van der Waals surface area contributed by atoms with E-state index in [0.29, 0.717) is 6.42 Å². The van der Waals surface area contributed by atoms with Gasteiger partial charge in [0.15, 0.2) is 0 Å². The van der Waals surface area contributed by atoms with Gasteiger partial charge < -0.3 is 5.11 Å². The van der Waals surface area contributed by atoms with E-state index in [2.05, 4.69) is 31.2 Å². The van der Waals surface area contributed by atoms with Crippen LogP contribution in [0, 0.1) is 0 Å². The second-order valence-corrected chi connectivity index (χ2v) is 5.34. The molecule has 0 unspecified atom stereocenters. The van der Waals surface area contributed by atoms with Gasteiger partial charge in [-0.2, -0.15) is 0 Å². The first-order valence-corrected chi connectivity index (χ1v) is 8.29. The molecule has 0 aromatic carbocycles. The molecule has 0 aliphatic rings. The average Bonchev–Trinajstić information content (AvgIpc) is 2.43. The predicted octanol–water partition coefficient (Wildman–Crippen LogP) is 5.88. The summed E-state index contributed by atoms with van der Waals surface area (Å²) in [5.41, 5.74) is 0. The highest BCUT2D eigenvalue weighted by atomic mass is 16.4. The number of unbranched alkanes of at least 4 members (excludes halogenated alkanes) is 8. The highest BCUT2D eigenvalue weighted by Gasteiger charge is 1.95. The van der Waals surface area contributed by atoms with Crippen LogP contribution in [0.2, 0.25) is 0 Å². The molecule has 0 aliphatic carbocycles. The number of carbonyl (C=O) groups is 1. The molecule has 0 aromatic rings. The molecule has 0 radical (unpaired) electrons. The summed E-state index contributed by atoms with van der Waals surface area (Å²) in [7, 11) is 0. The molecule has 0 fully saturated rings. The maximum absolute atomic E-state index is 10.3. The van der Waals surface area contributed by atoms with Crippen LogP contribution >= 0.6 is 0 Å². The molecule has 0 saturated carbocycles. The van der Waals surface area contributed by atoms with Gasteiger partial charge in [0, 0.05) is 6.42 Å². The van der Waals surface area contributed by atoms with Crippen LogP contribution in [0.3, 0.4) is 0 Å². The molecule has 20 heavy (non-hydrogen) atoms. The van der Waals surface area contributed by atoms with Crippen molar-refractivity contribution in [3.63, 3.8) is 0 Å². The Labute approximate surface area is 125 Å². The van der Waals surface area contributed by atoms with Crippen LogP contribution in [-0.2, 0) is 4.79 Å². The fraction of sp³-hybridized carbons (Fsp3) is 0.722. The van der Waals surface area contributed by atoms with Gasteiger partial charge in [-0.15, -0.1) is 0 Å². The largest absolute Gasteiger partial charge is 0.481 e. The zero-order valence-electron chi connectivity index (χ0n) is 13.2. The van der Waals surface area contributed by atoms with E-state index in [4.69, 9.17) is 5.11 Å². The summed E-state index contributed by atoms with van der Waals surface area (Å²) >= 11 is 0. The lowest BCUT2D eigenvalue weighted by molar-refractivity contribution is -0.137. The summed E-state index contributed by atoms with van der Waals surface area (Å²) in [5, 5.41) is 8.50. The van der Waals surface area contributed by atoms with Crippen molar-refractivity contribution in [1.29, 1.82) is 0 Å². The van der Waals surface area contributed by atoms with Gasteiger partial charge in [-0.25, -0.2) is 0 Å². The summed E-state index contributed by atoms with van der Waals surface area (Å²) in [5.74, 6) is -0.668. The van der Waals surface area contributed by atoms with E-state index < -0.39 is 5.97 Å². The van der Waals surface area contributed by atoms with Crippen LogP contribution in [0.5, 0.6) is 0 Å². The molecule has 0 aromatic heterocycles. The van der Waals surface area contributed by atoms with Gasteiger partial charge in [-0.05, 0) is 51.4 Å². The highest BCUT2D eigenvalue weighted by molar-refractivity contribution is 5.66. The van der Waals surface area contributed by atoms with Crippen LogP contribution in [0.1, 0.15) is 84.0 Å². The van der Waals surface area contributed by atoms with E-state index in [-0.39, 0.29) is 0 Å². The number of allylic oxidation sites excluding steroid dienone is 4. The lowest BCUT2D eigenvalue weighted by Gasteiger charge is -1.98. The van der Waals surface area contributed by atoms with E-state index in [0.717, 1.165) is 19.3 Å². The van der Waals surface area contributed by atoms with E-state index in [1.54, 1.807) is 0 Å². The Balaban J connectivity index is 3.12. The number of carboxylic acids is 1. The van der Waals surface area contributed by atoms with Crippen molar-refractivity contribution in [2.24, 2.45) is 0 Å². The van der Waals surface area contributed by atoms with Gasteiger partial charge in [-0.3, -0.25) is 4.79 Å². The summed E-state index contributed by atoms with van der Waals surface area (Å²) in [6.45, 7) is 2.17. The molecule has 116 valence electrons. The minimum Gasteiger partial charge on any atom is -0.481 e. The summed E-state index contributed by atoms with van der Waals surface area (Å²) in [6.07, 6.45) is 22.3. The SMILES string of the molecule is CC/C=C/CCCC/C=C/CCCCCCCC(=O)O. The van der Waals surface area contributed by atoms with Crippen LogP contribution in [-0.4, -0.2) is 11.1 Å². The molecule has 1 N–H and O–H groups in total. The molecule has 0 saturated heterocycles. The third kappa shape index (κ3) is 16.9. The second kappa shape index (κ2) is 16.0. The Kier molecular flexibility index (Phi) is 15.2. The molecular formula is C18H32O2. The lowest BCUT2D eigenvalue weighted by Crippen LogP contribution is -1.93. The molecule has 2 nitrogen and oxygen atoms in total. The standard InChI is InChI=1S/C18H32O2/c1-2-3-4-5-6-7-8-9-10-11-12-13-14-15-16-17-18(19)20/h3-4,9-10H,2,5-8,11-17H2,1H3,(H,19,20)/b4-3+,10-9+. The van der Waals surface area contributed by atoms with Crippen molar-refractivity contribution in [3.8, 4) is 0 Å². The van der Waals surface area contributed by atoms with Gasteiger partial charge >= 0.3 is 5.97 Å². The Morgan fingerprint density at radius 1 is 0.750 bits per heavy atom. The van der Waals surface area contributed by atoms with Crippen LogP contribution < -0.4 is 0 Å². The average molecular weight is 280 g/mol. The monoisotopic (exact) mass is 280 g/mol. The van der Waals surface area contributed by atoms with Gasteiger partial charge in [-0.1, -0.05) is 50.5 Å². The fourth-order valence-corrected chi connectivity index (χ4v) is 2.11. The predicted molar refractivity (Wildman–Crippen MR) is 87.0 cm³/mol. The molecule has 0 rings (SSSR count). The van der Waals surface area contributed by atoms with Gasteiger partial charge in [0.1, 0.15) is 0 Å². The number of hydrogen-bond acceptors (Lipinski definition) is 1. The topological polar surface area (TPSA) is 37.3 Å². The Bertz CT molecular complexity index is 267. The zero-order chi connectivity index (χ0) is 14.9. The molecule has 0 aliphatic heterocycles. The van der Waals surface area contributed by atoms with Crippen LogP contribution in [0.15, 0.2) is 24.3 Å². The van der Waals surface area contributed by atoms with Crippen LogP contribution in [0.4, 0.5) is 0 Å². The number of carboxylic acid groups (broad SMARTS) is 1. The lowest BCUT2D eigenvalue weighted by atomic mass is 10.1. The number of rotatable bonds is 14. The molecule has 0 heterocycles. The van der Waals surface area contributed by atoms with Crippen molar-refractivity contribution < 1.29 is 9.90 Å². The minimum absolute atomic E-state index is 0.327. The summed E-state index contributed by atoms with van der Waals surface area (Å²) < 4.78 is 0. The third-order valence-electron chi connectivity index (χ3n) is 3.32. The van der Waals surface area contributed by atoms with Crippen molar-refractivity contribution >= 4 is 5.97 Å². The van der Waals surface area contributed by atoms with E-state index in [1.807, 2.05) is 0 Å². The normalized spacial score (nSPS) is 11.7. The number of aliphatic carboxylic acids is 1. The van der Waals surface area contributed by atoms with Crippen molar-refractivity contribution in [2.75, 3.05) is 0 Å². The second-order valence-electron chi connectivity index (χ2n) is 5.34. The maximum atomic E-state index is 10.3. The highest BCUT2D eigenvalue weighted by Crippen LogP contribution is 2.08. The third-order valence-corrected chi connectivity index (χ3v) is 3.32. The molecular weight excluding hydrogens is 248 g/mol. The van der Waals surface area contributed by atoms with E-state index >= 15 is 0 Å². The molecule has 0 bridgehead atoms. The maximum Gasteiger partial charge on any atom is 0.303 e. The van der Waals surface area contributed by atoms with E-state index in [1.165, 1.54) is 51.4 Å². The first-order chi connectivity index (χ1) is 9.77. The first-order valence-electron chi connectivity index (χ1n) is 8.29.